The first-order chi connectivity index (χ1) is 9.61. The molecule has 4 nitrogen and oxygen atoms in total. The SMILES string of the molecule is CC[C@H](C)[C@@H](C(=O)Nc1ccn(C)n1)c1ccccc1. The predicted octanol–water partition coefficient (Wildman–Crippen LogP) is 3.19. The number of rotatable bonds is 5. The van der Waals surface area contributed by atoms with Crippen LogP contribution in [-0.4, -0.2) is 15.7 Å². The molecule has 1 aromatic carbocycles. The lowest BCUT2D eigenvalue weighted by atomic mass is 9.85. The maximum Gasteiger partial charge on any atom is 0.233 e. The second-order valence-corrected chi connectivity index (χ2v) is 5.14. The fourth-order valence-corrected chi connectivity index (χ4v) is 2.32. The number of anilines is 1. The van der Waals surface area contributed by atoms with Gasteiger partial charge in [0, 0.05) is 19.3 Å². The minimum Gasteiger partial charge on any atom is -0.309 e. The van der Waals surface area contributed by atoms with E-state index in [9.17, 15) is 4.79 Å². The number of carbonyl (C=O) groups excluding carboxylic acids is 1. The van der Waals surface area contributed by atoms with E-state index in [2.05, 4.69) is 24.3 Å². The fourth-order valence-electron chi connectivity index (χ4n) is 2.32. The van der Waals surface area contributed by atoms with Gasteiger partial charge >= 0.3 is 0 Å². The maximum atomic E-state index is 12.6. The molecular formula is C16H21N3O. The third-order valence-electron chi connectivity index (χ3n) is 3.62. The number of nitrogens with one attached hydrogen (secondary N) is 1. The molecule has 0 unspecified atom stereocenters. The van der Waals surface area contributed by atoms with Crippen LogP contribution in [0.15, 0.2) is 42.6 Å². The van der Waals surface area contributed by atoms with Gasteiger partial charge in [-0.15, -0.1) is 0 Å². The zero-order valence-electron chi connectivity index (χ0n) is 12.2. The Kier molecular flexibility index (Phi) is 4.56. The zero-order chi connectivity index (χ0) is 14.5. The van der Waals surface area contributed by atoms with Crippen LogP contribution in [0.1, 0.15) is 31.7 Å². The van der Waals surface area contributed by atoms with Gasteiger partial charge in [0.1, 0.15) is 0 Å². The molecule has 2 atom stereocenters. The Labute approximate surface area is 119 Å². The summed E-state index contributed by atoms with van der Waals surface area (Å²) in [6.45, 7) is 4.21. The van der Waals surface area contributed by atoms with E-state index in [4.69, 9.17) is 0 Å². The van der Waals surface area contributed by atoms with Gasteiger partial charge in [-0.1, -0.05) is 50.6 Å². The summed E-state index contributed by atoms with van der Waals surface area (Å²) in [5.74, 6) is 0.732. The van der Waals surface area contributed by atoms with E-state index in [0.717, 1.165) is 12.0 Å². The van der Waals surface area contributed by atoms with Crippen LogP contribution in [0.2, 0.25) is 0 Å². The Morgan fingerprint density at radius 1 is 1.30 bits per heavy atom. The van der Waals surface area contributed by atoms with Crippen molar-refractivity contribution < 1.29 is 4.79 Å². The van der Waals surface area contributed by atoms with Crippen molar-refractivity contribution in [3.63, 3.8) is 0 Å². The molecule has 0 aliphatic carbocycles. The number of amides is 1. The van der Waals surface area contributed by atoms with Crippen molar-refractivity contribution in [3.05, 3.63) is 48.2 Å². The highest BCUT2D eigenvalue weighted by molar-refractivity contribution is 5.95. The summed E-state index contributed by atoms with van der Waals surface area (Å²) in [6, 6.07) is 11.7. The molecule has 0 spiro atoms. The third-order valence-corrected chi connectivity index (χ3v) is 3.62. The van der Waals surface area contributed by atoms with Crippen LogP contribution in [-0.2, 0) is 11.8 Å². The average Bonchev–Trinajstić information content (AvgIpc) is 2.85. The highest BCUT2D eigenvalue weighted by Gasteiger charge is 2.26. The van der Waals surface area contributed by atoms with Crippen molar-refractivity contribution in [2.24, 2.45) is 13.0 Å². The van der Waals surface area contributed by atoms with Gasteiger partial charge in [-0.2, -0.15) is 5.10 Å². The number of aromatic nitrogens is 2. The lowest BCUT2D eigenvalue weighted by Gasteiger charge is -2.22. The minimum atomic E-state index is -0.150. The van der Waals surface area contributed by atoms with Crippen molar-refractivity contribution in [2.75, 3.05) is 5.32 Å². The number of nitrogens with zero attached hydrogens (tertiary/aromatic N) is 2. The van der Waals surface area contributed by atoms with Crippen molar-refractivity contribution in [1.29, 1.82) is 0 Å². The quantitative estimate of drug-likeness (QED) is 0.907. The molecule has 1 N–H and O–H groups in total. The maximum absolute atomic E-state index is 12.6. The summed E-state index contributed by atoms with van der Waals surface area (Å²) < 4.78 is 1.68. The summed E-state index contributed by atoms with van der Waals surface area (Å²) in [5.41, 5.74) is 1.05. The fraction of sp³-hybridized carbons (Fsp3) is 0.375. The topological polar surface area (TPSA) is 46.9 Å². The van der Waals surface area contributed by atoms with E-state index in [1.54, 1.807) is 10.7 Å². The normalized spacial score (nSPS) is 13.8. The molecule has 0 saturated carbocycles. The van der Waals surface area contributed by atoms with Gasteiger partial charge < -0.3 is 5.32 Å². The average molecular weight is 271 g/mol. The Hall–Kier alpha value is -2.10. The molecule has 4 heteroatoms. The molecule has 0 aliphatic rings. The number of hydrogen-bond acceptors (Lipinski definition) is 2. The van der Waals surface area contributed by atoms with E-state index in [1.165, 1.54) is 0 Å². The molecule has 0 fully saturated rings. The second kappa shape index (κ2) is 6.37. The first-order valence-electron chi connectivity index (χ1n) is 6.97. The lowest BCUT2D eigenvalue weighted by molar-refractivity contribution is -0.118. The van der Waals surface area contributed by atoms with Gasteiger partial charge in [0.2, 0.25) is 5.91 Å². The molecule has 1 heterocycles. The summed E-state index contributed by atoms with van der Waals surface area (Å²) in [5, 5.41) is 7.10. The summed E-state index contributed by atoms with van der Waals surface area (Å²) in [6.07, 6.45) is 2.77. The monoisotopic (exact) mass is 271 g/mol. The van der Waals surface area contributed by atoms with Crippen LogP contribution in [0.25, 0.3) is 0 Å². The Balaban J connectivity index is 2.20. The Morgan fingerprint density at radius 3 is 2.55 bits per heavy atom. The summed E-state index contributed by atoms with van der Waals surface area (Å²) in [7, 11) is 1.83. The molecule has 0 radical (unpaired) electrons. The van der Waals surface area contributed by atoms with Crippen LogP contribution in [0.3, 0.4) is 0 Å². The van der Waals surface area contributed by atoms with E-state index in [1.807, 2.05) is 43.6 Å². The molecule has 2 aromatic rings. The minimum absolute atomic E-state index is 0.00394. The van der Waals surface area contributed by atoms with Gasteiger partial charge in [-0.05, 0) is 11.5 Å². The van der Waals surface area contributed by atoms with Crippen molar-refractivity contribution in [1.82, 2.24) is 9.78 Å². The first-order valence-corrected chi connectivity index (χ1v) is 6.97. The molecule has 0 bridgehead atoms. The van der Waals surface area contributed by atoms with Gasteiger partial charge in [-0.25, -0.2) is 0 Å². The van der Waals surface area contributed by atoms with E-state index in [0.29, 0.717) is 5.82 Å². The number of benzene rings is 1. The van der Waals surface area contributed by atoms with Gasteiger partial charge in [0.05, 0.1) is 5.92 Å². The van der Waals surface area contributed by atoms with Crippen LogP contribution in [0.4, 0.5) is 5.82 Å². The largest absolute Gasteiger partial charge is 0.309 e. The van der Waals surface area contributed by atoms with Crippen molar-refractivity contribution in [3.8, 4) is 0 Å². The number of carbonyl (C=O) groups is 1. The Morgan fingerprint density at radius 2 is 2.00 bits per heavy atom. The molecule has 20 heavy (non-hydrogen) atoms. The second-order valence-electron chi connectivity index (χ2n) is 5.14. The molecule has 1 amide bonds. The summed E-state index contributed by atoms with van der Waals surface area (Å²) in [4.78, 5) is 12.6. The summed E-state index contributed by atoms with van der Waals surface area (Å²) >= 11 is 0. The number of hydrogen-bond donors (Lipinski definition) is 1. The van der Waals surface area contributed by atoms with E-state index < -0.39 is 0 Å². The van der Waals surface area contributed by atoms with Crippen LogP contribution < -0.4 is 5.32 Å². The first kappa shape index (κ1) is 14.3. The van der Waals surface area contributed by atoms with Gasteiger partial charge in [0.15, 0.2) is 5.82 Å². The molecule has 106 valence electrons. The van der Waals surface area contributed by atoms with E-state index in [-0.39, 0.29) is 17.7 Å². The lowest BCUT2D eigenvalue weighted by Crippen LogP contribution is -2.26. The Bertz CT molecular complexity index is 562. The third kappa shape index (κ3) is 3.26. The predicted molar refractivity (Wildman–Crippen MR) is 80.5 cm³/mol. The van der Waals surface area contributed by atoms with Gasteiger partial charge in [-0.3, -0.25) is 9.48 Å². The molecular weight excluding hydrogens is 250 g/mol. The van der Waals surface area contributed by atoms with Crippen LogP contribution >= 0.6 is 0 Å². The van der Waals surface area contributed by atoms with E-state index >= 15 is 0 Å². The van der Waals surface area contributed by atoms with Crippen LogP contribution in [0, 0.1) is 5.92 Å². The molecule has 0 saturated heterocycles. The molecule has 1 aromatic heterocycles. The molecule has 0 aliphatic heterocycles. The molecule has 2 rings (SSSR count). The standard InChI is InChI=1S/C16H21N3O/c1-4-12(2)15(13-8-6-5-7-9-13)16(20)17-14-10-11-19(3)18-14/h5-12,15H,4H2,1-3H3,(H,17,18,20)/t12-,15+/m0/s1. The van der Waals surface area contributed by atoms with Crippen molar-refractivity contribution in [2.45, 2.75) is 26.2 Å². The van der Waals surface area contributed by atoms with Crippen LogP contribution in [0.5, 0.6) is 0 Å². The van der Waals surface area contributed by atoms with Crippen molar-refractivity contribution >= 4 is 11.7 Å². The van der Waals surface area contributed by atoms with Gasteiger partial charge in [0.25, 0.3) is 0 Å². The zero-order valence-corrected chi connectivity index (χ0v) is 12.2. The highest BCUT2D eigenvalue weighted by Crippen LogP contribution is 2.28. The number of aryl methyl sites for hydroxylation is 1. The highest BCUT2D eigenvalue weighted by atomic mass is 16.2. The smallest absolute Gasteiger partial charge is 0.233 e.